The van der Waals surface area contributed by atoms with Crippen molar-refractivity contribution in [3.05, 3.63) is 103 Å². The van der Waals surface area contributed by atoms with E-state index < -0.39 is 16.1 Å². The standard InChI is InChI=1S/C25H18ClFN2O6S/c1-34-21-11-16(10-19(26)23(21)35-14-15-6-8-18(27)9-7-15)12-22-24(30)28(25(31)36-22)13-17-4-2-3-5-20(17)29(32)33/h2-12H,13-14H2,1H3/b22-12-. The highest BCUT2D eigenvalue weighted by Gasteiger charge is 2.36. The molecule has 1 heterocycles. The molecule has 0 radical (unpaired) electrons. The van der Waals surface area contributed by atoms with Gasteiger partial charge in [-0.15, -0.1) is 0 Å². The van der Waals surface area contributed by atoms with Crippen molar-refractivity contribution in [3.63, 3.8) is 0 Å². The van der Waals surface area contributed by atoms with Crippen molar-refractivity contribution in [2.24, 2.45) is 0 Å². The van der Waals surface area contributed by atoms with Gasteiger partial charge in [0.1, 0.15) is 12.4 Å². The Hall–Kier alpha value is -3.89. The third-order valence-corrected chi connectivity index (χ3v) is 6.42. The van der Waals surface area contributed by atoms with Crippen LogP contribution in [-0.2, 0) is 17.9 Å². The Morgan fingerprint density at radius 2 is 1.86 bits per heavy atom. The number of methoxy groups -OCH3 is 1. The number of hydrogen-bond acceptors (Lipinski definition) is 7. The van der Waals surface area contributed by atoms with Gasteiger partial charge in [-0.2, -0.15) is 0 Å². The van der Waals surface area contributed by atoms with Gasteiger partial charge in [-0.3, -0.25) is 24.6 Å². The summed E-state index contributed by atoms with van der Waals surface area (Å²) in [6.45, 7) is -0.0976. The Morgan fingerprint density at radius 1 is 1.14 bits per heavy atom. The highest BCUT2D eigenvalue weighted by Crippen LogP contribution is 2.40. The fraction of sp³-hybridized carbons (Fsp3) is 0.120. The largest absolute Gasteiger partial charge is 0.493 e. The number of nitro groups is 1. The van der Waals surface area contributed by atoms with Crippen LogP contribution in [0.25, 0.3) is 6.08 Å². The second-order valence-corrected chi connectivity index (χ2v) is 9.00. The first-order valence-electron chi connectivity index (χ1n) is 10.5. The Bertz CT molecular complexity index is 1380. The molecule has 0 aliphatic carbocycles. The van der Waals surface area contributed by atoms with Crippen LogP contribution in [0, 0.1) is 15.9 Å². The molecule has 184 valence electrons. The maximum absolute atomic E-state index is 13.1. The number of ether oxygens (including phenoxy) is 2. The molecule has 0 aromatic heterocycles. The number of rotatable bonds is 8. The minimum Gasteiger partial charge on any atom is -0.493 e. The van der Waals surface area contributed by atoms with E-state index >= 15 is 0 Å². The molecule has 2 amide bonds. The molecule has 0 spiro atoms. The van der Waals surface area contributed by atoms with E-state index in [1.165, 1.54) is 43.5 Å². The van der Waals surface area contributed by atoms with E-state index in [-0.39, 0.29) is 45.9 Å². The molecule has 0 unspecified atom stereocenters. The number of thioether (sulfide) groups is 1. The highest BCUT2D eigenvalue weighted by molar-refractivity contribution is 8.18. The van der Waals surface area contributed by atoms with E-state index in [0.717, 1.165) is 22.2 Å². The molecule has 3 aromatic rings. The Balaban J connectivity index is 1.54. The molecule has 1 saturated heterocycles. The second kappa shape index (κ2) is 10.8. The average molecular weight is 529 g/mol. The minimum atomic E-state index is -0.574. The normalized spacial score (nSPS) is 14.4. The van der Waals surface area contributed by atoms with Crippen LogP contribution in [0.5, 0.6) is 11.5 Å². The smallest absolute Gasteiger partial charge is 0.293 e. The zero-order valence-corrected chi connectivity index (χ0v) is 20.3. The minimum absolute atomic E-state index is 0.125. The van der Waals surface area contributed by atoms with Crippen LogP contribution < -0.4 is 9.47 Å². The molecule has 1 aliphatic rings. The maximum atomic E-state index is 13.1. The first kappa shape index (κ1) is 25.2. The van der Waals surface area contributed by atoms with E-state index in [2.05, 4.69) is 0 Å². The summed E-state index contributed by atoms with van der Waals surface area (Å²) < 4.78 is 24.3. The van der Waals surface area contributed by atoms with E-state index in [1.54, 1.807) is 30.3 Å². The molecule has 0 atom stereocenters. The van der Waals surface area contributed by atoms with E-state index in [4.69, 9.17) is 21.1 Å². The second-order valence-electron chi connectivity index (χ2n) is 7.60. The summed E-state index contributed by atoms with van der Waals surface area (Å²) >= 11 is 7.14. The number of carbonyl (C=O) groups is 2. The van der Waals surface area contributed by atoms with Crippen LogP contribution in [0.1, 0.15) is 16.7 Å². The summed E-state index contributed by atoms with van der Waals surface area (Å²) in [5.74, 6) is -0.361. The van der Waals surface area contributed by atoms with Gasteiger partial charge in [0.25, 0.3) is 16.8 Å². The summed E-state index contributed by atoms with van der Waals surface area (Å²) in [4.78, 5) is 37.3. The number of carbonyl (C=O) groups excluding carboxylic acids is 2. The van der Waals surface area contributed by atoms with Gasteiger partial charge >= 0.3 is 0 Å². The molecule has 4 rings (SSSR count). The predicted molar refractivity (Wildman–Crippen MR) is 133 cm³/mol. The van der Waals surface area contributed by atoms with Crippen molar-refractivity contribution in [1.82, 2.24) is 4.90 Å². The van der Waals surface area contributed by atoms with Gasteiger partial charge in [-0.25, -0.2) is 4.39 Å². The number of nitro benzene ring substituents is 1. The molecule has 0 saturated carbocycles. The quantitative estimate of drug-likeness (QED) is 0.195. The number of benzene rings is 3. The third-order valence-electron chi connectivity index (χ3n) is 5.24. The number of nitrogens with zero attached hydrogens (tertiary/aromatic N) is 2. The van der Waals surface area contributed by atoms with Crippen molar-refractivity contribution in [1.29, 1.82) is 0 Å². The van der Waals surface area contributed by atoms with Crippen molar-refractivity contribution < 1.29 is 28.4 Å². The van der Waals surface area contributed by atoms with Crippen LogP contribution in [0.4, 0.5) is 14.9 Å². The lowest BCUT2D eigenvalue weighted by molar-refractivity contribution is -0.385. The summed E-state index contributed by atoms with van der Waals surface area (Å²) in [6.07, 6.45) is 1.49. The Kier molecular flexibility index (Phi) is 7.56. The van der Waals surface area contributed by atoms with Gasteiger partial charge < -0.3 is 9.47 Å². The first-order chi connectivity index (χ1) is 17.3. The van der Waals surface area contributed by atoms with Crippen LogP contribution in [-0.4, -0.2) is 28.1 Å². The van der Waals surface area contributed by atoms with Crippen LogP contribution in [0.15, 0.2) is 65.6 Å². The first-order valence-corrected chi connectivity index (χ1v) is 11.7. The van der Waals surface area contributed by atoms with Crippen LogP contribution >= 0.6 is 23.4 Å². The maximum Gasteiger partial charge on any atom is 0.293 e. The van der Waals surface area contributed by atoms with Crippen molar-refractivity contribution in [2.75, 3.05) is 7.11 Å². The molecule has 0 N–H and O–H groups in total. The number of para-hydroxylation sites is 1. The molecular formula is C25H18ClFN2O6S. The van der Waals surface area contributed by atoms with Crippen molar-refractivity contribution >= 4 is 46.3 Å². The van der Waals surface area contributed by atoms with Crippen molar-refractivity contribution in [3.8, 4) is 11.5 Å². The van der Waals surface area contributed by atoms with Gasteiger partial charge in [-0.1, -0.05) is 41.9 Å². The molecule has 0 bridgehead atoms. The van der Waals surface area contributed by atoms with Crippen LogP contribution in [0.2, 0.25) is 5.02 Å². The van der Waals surface area contributed by atoms with E-state index in [9.17, 15) is 24.1 Å². The molecule has 8 nitrogen and oxygen atoms in total. The number of halogens is 2. The number of amides is 2. The molecule has 3 aromatic carbocycles. The SMILES string of the molecule is COc1cc(/C=C2\SC(=O)N(Cc3ccccc3[N+](=O)[O-])C2=O)cc(Cl)c1OCc1ccc(F)cc1. The fourth-order valence-electron chi connectivity index (χ4n) is 3.48. The topological polar surface area (TPSA) is 99.0 Å². The van der Waals surface area contributed by atoms with Gasteiger partial charge in [0.2, 0.25) is 0 Å². The molecule has 11 heteroatoms. The number of hydrogen-bond donors (Lipinski definition) is 0. The summed E-state index contributed by atoms with van der Waals surface area (Å²) in [6, 6.07) is 14.9. The van der Waals surface area contributed by atoms with Gasteiger partial charge in [-0.05, 0) is 53.2 Å². The average Bonchev–Trinajstić information content (AvgIpc) is 3.11. The van der Waals surface area contributed by atoms with E-state index in [1.807, 2.05) is 0 Å². The molecule has 1 fully saturated rings. The van der Waals surface area contributed by atoms with Gasteiger partial charge in [0, 0.05) is 11.6 Å². The lowest BCUT2D eigenvalue weighted by Crippen LogP contribution is -2.27. The fourth-order valence-corrected chi connectivity index (χ4v) is 4.59. The third kappa shape index (κ3) is 5.50. The Labute approximate surface area is 214 Å². The zero-order chi connectivity index (χ0) is 25.8. The summed E-state index contributed by atoms with van der Waals surface area (Å²) in [7, 11) is 1.43. The lowest BCUT2D eigenvalue weighted by Gasteiger charge is -2.14. The van der Waals surface area contributed by atoms with Gasteiger partial charge in [0.15, 0.2) is 11.5 Å². The summed E-state index contributed by atoms with van der Waals surface area (Å²) in [5.41, 5.74) is 1.29. The highest BCUT2D eigenvalue weighted by atomic mass is 35.5. The molecular weight excluding hydrogens is 511 g/mol. The summed E-state index contributed by atoms with van der Waals surface area (Å²) in [5, 5.41) is 10.9. The number of imide groups is 1. The van der Waals surface area contributed by atoms with Gasteiger partial charge in [0.05, 0.1) is 28.5 Å². The zero-order valence-electron chi connectivity index (χ0n) is 18.8. The van der Waals surface area contributed by atoms with E-state index in [0.29, 0.717) is 11.3 Å². The van der Waals surface area contributed by atoms with Crippen LogP contribution in [0.3, 0.4) is 0 Å². The van der Waals surface area contributed by atoms with Crippen molar-refractivity contribution in [2.45, 2.75) is 13.2 Å². The molecule has 36 heavy (non-hydrogen) atoms. The Morgan fingerprint density at radius 3 is 2.56 bits per heavy atom. The predicted octanol–water partition coefficient (Wildman–Crippen LogP) is 6.21. The monoisotopic (exact) mass is 528 g/mol. The lowest BCUT2D eigenvalue weighted by atomic mass is 10.1. The molecule has 1 aliphatic heterocycles.